The molecule has 2 aromatic carbocycles. The predicted octanol–water partition coefficient (Wildman–Crippen LogP) is 2.99. The summed E-state index contributed by atoms with van der Waals surface area (Å²) >= 11 is 6.05. The molecule has 184 valence electrons. The summed E-state index contributed by atoms with van der Waals surface area (Å²) in [6.07, 6.45) is 2.22. The molecule has 3 saturated heterocycles. The number of piperazine rings is 1. The summed E-state index contributed by atoms with van der Waals surface area (Å²) in [6.45, 7) is 2.78. The Morgan fingerprint density at radius 1 is 1.23 bits per heavy atom. The van der Waals surface area contributed by atoms with Crippen LogP contribution in [-0.4, -0.2) is 79.8 Å². The van der Waals surface area contributed by atoms with Gasteiger partial charge < -0.3 is 19.4 Å². The van der Waals surface area contributed by atoms with Gasteiger partial charge in [-0.1, -0.05) is 29.8 Å². The van der Waals surface area contributed by atoms with Crippen LogP contribution in [0.3, 0.4) is 0 Å². The lowest BCUT2D eigenvalue weighted by molar-refractivity contribution is -0.150. The first kappa shape index (κ1) is 23.8. The van der Waals surface area contributed by atoms with E-state index in [1.807, 2.05) is 39.0 Å². The van der Waals surface area contributed by atoms with Crippen LogP contribution in [-0.2, 0) is 20.9 Å². The second-order valence-corrected chi connectivity index (χ2v) is 9.97. The van der Waals surface area contributed by atoms with E-state index in [1.54, 1.807) is 25.4 Å². The lowest BCUT2D eigenvalue weighted by atomic mass is 9.91. The quantitative estimate of drug-likeness (QED) is 0.594. The maximum absolute atomic E-state index is 15.1. The number of hydrogen-bond donors (Lipinski definition) is 0. The highest BCUT2D eigenvalue weighted by Crippen LogP contribution is 2.37. The van der Waals surface area contributed by atoms with Gasteiger partial charge in [0.25, 0.3) is 0 Å². The Morgan fingerprint density at radius 3 is 2.66 bits per heavy atom. The number of anilines is 1. The average Bonchev–Trinajstić information content (AvgIpc) is 3.21. The molecule has 5 rings (SSSR count). The Balaban J connectivity index is 1.45. The van der Waals surface area contributed by atoms with E-state index in [0.29, 0.717) is 62.1 Å². The van der Waals surface area contributed by atoms with Gasteiger partial charge in [0.05, 0.1) is 36.9 Å². The van der Waals surface area contributed by atoms with Crippen LogP contribution in [0, 0.1) is 11.7 Å². The van der Waals surface area contributed by atoms with E-state index in [-0.39, 0.29) is 24.3 Å². The van der Waals surface area contributed by atoms with E-state index in [2.05, 4.69) is 4.99 Å². The molecule has 1 atom stereocenters. The minimum Gasteiger partial charge on any atom is -0.380 e. The van der Waals surface area contributed by atoms with E-state index in [1.165, 1.54) is 6.07 Å². The molecule has 7 nitrogen and oxygen atoms in total. The zero-order valence-corrected chi connectivity index (χ0v) is 20.4. The summed E-state index contributed by atoms with van der Waals surface area (Å²) < 4.78 is 20.3. The summed E-state index contributed by atoms with van der Waals surface area (Å²) in [5.41, 5.74) is 1.39. The largest absolute Gasteiger partial charge is 0.380 e. The van der Waals surface area contributed by atoms with Crippen LogP contribution < -0.4 is 4.90 Å². The van der Waals surface area contributed by atoms with Crippen molar-refractivity contribution in [3.8, 4) is 0 Å². The molecule has 3 heterocycles. The maximum atomic E-state index is 15.1. The number of amides is 2. The predicted molar refractivity (Wildman–Crippen MR) is 132 cm³/mol. The third kappa shape index (κ3) is 4.65. The number of likely N-dealkylation sites (tertiary alicyclic amines) is 1. The van der Waals surface area contributed by atoms with Gasteiger partial charge in [0, 0.05) is 44.5 Å². The molecule has 0 bridgehead atoms. The number of aliphatic imine (C=N–C) groups is 1. The second-order valence-electron chi connectivity index (χ2n) is 9.53. The van der Waals surface area contributed by atoms with Crippen LogP contribution in [0.15, 0.2) is 47.5 Å². The van der Waals surface area contributed by atoms with E-state index < -0.39 is 11.4 Å². The number of carbonyl (C=O) groups is 2. The lowest BCUT2D eigenvalue weighted by Crippen LogP contribution is -2.66. The van der Waals surface area contributed by atoms with Crippen LogP contribution in [0.2, 0.25) is 5.02 Å². The molecule has 0 aliphatic carbocycles. The number of ether oxygens (including phenoxy) is 1. The first-order chi connectivity index (χ1) is 16.9. The van der Waals surface area contributed by atoms with Gasteiger partial charge in [-0.2, -0.15) is 0 Å². The van der Waals surface area contributed by atoms with Crippen molar-refractivity contribution in [2.75, 3.05) is 51.3 Å². The van der Waals surface area contributed by atoms with Crippen molar-refractivity contribution < 1.29 is 18.7 Å². The Bertz CT molecular complexity index is 1150. The summed E-state index contributed by atoms with van der Waals surface area (Å²) in [5, 5.41) is 0.631. The minimum absolute atomic E-state index is 0.0673. The summed E-state index contributed by atoms with van der Waals surface area (Å²) in [6, 6.07) is 12.4. The Labute approximate surface area is 209 Å². The molecule has 3 aliphatic heterocycles. The number of rotatable bonds is 5. The van der Waals surface area contributed by atoms with Gasteiger partial charge in [-0.25, -0.2) is 4.39 Å². The van der Waals surface area contributed by atoms with Gasteiger partial charge in [-0.15, -0.1) is 0 Å². The number of nitrogens with zero attached hydrogens (tertiary/aromatic N) is 4. The lowest BCUT2D eigenvalue weighted by Gasteiger charge is -2.49. The van der Waals surface area contributed by atoms with Crippen molar-refractivity contribution in [2.45, 2.75) is 18.5 Å². The van der Waals surface area contributed by atoms with Crippen molar-refractivity contribution in [3.63, 3.8) is 0 Å². The smallest absolute Gasteiger partial charge is 0.242 e. The second kappa shape index (κ2) is 9.59. The van der Waals surface area contributed by atoms with Crippen molar-refractivity contribution in [1.29, 1.82) is 0 Å². The molecular formula is C26H28ClFN4O3. The standard InChI is InChI=1S/C26H28ClFN4O3/c1-29-11-19-4-7-23(22(28)10-19)31-13-24(33)32(12-18-2-5-21(27)6-3-18)26(17-31)8-9-30(16-26)25(34)20-14-35-15-20/h2-7,10-11,20H,8-9,12-17H2,1H3/t26-/m1/s1. The topological polar surface area (TPSA) is 65.5 Å². The zero-order chi connectivity index (χ0) is 24.6. The van der Waals surface area contributed by atoms with Gasteiger partial charge in [0.15, 0.2) is 0 Å². The summed E-state index contributed by atoms with van der Waals surface area (Å²) in [7, 11) is 1.64. The van der Waals surface area contributed by atoms with Crippen LogP contribution in [0.4, 0.5) is 10.1 Å². The first-order valence-corrected chi connectivity index (χ1v) is 12.1. The Morgan fingerprint density at radius 2 is 2.00 bits per heavy atom. The van der Waals surface area contributed by atoms with Crippen molar-refractivity contribution in [2.24, 2.45) is 10.9 Å². The minimum atomic E-state index is -0.620. The molecule has 2 amide bonds. The number of hydrogen-bond acceptors (Lipinski definition) is 5. The molecule has 0 saturated carbocycles. The molecule has 9 heteroatoms. The van der Waals surface area contributed by atoms with Gasteiger partial charge >= 0.3 is 0 Å². The van der Waals surface area contributed by atoms with Gasteiger partial charge in [-0.05, 0) is 41.8 Å². The molecule has 0 aromatic heterocycles. The van der Waals surface area contributed by atoms with E-state index in [9.17, 15) is 9.59 Å². The molecule has 1 spiro atoms. The fourth-order valence-electron chi connectivity index (χ4n) is 5.25. The number of halogens is 2. The molecule has 0 N–H and O–H groups in total. The van der Waals surface area contributed by atoms with Crippen molar-refractivity contribution in [3.05, 3.63) is 64.4 Å². The highest BCUT2D eigenvalue weighted by atomic mass is 35.5. The van der Waals surface area contributed by atoms with Gasteiger partial charge in [0.2, 0.25) is 11.8 Å². The van der Waals surface area contributed by atoms with Crippen molar-refractivity contribution in [1.82, 2.24) is 9.80 Å². The van der Waals surface area contributed by atoms with Crippen LogP contribution in [0.1, 0.15) is 17.5 Å². The fraction of sp³-hybridized carbons (Fsp3) is 0.423. The van der Waals surface area contributed by atoms with Gasteiger partial charge in [0.1, 0.15) is 5.82 Å². The maximum Gasteiger partial charge on any atom is 0.242 e. The van der Waals surface area contributed by atoms with E-state index in [0.717, 1.165) is 5.56 Å². The molecule has 3 aliphatic rings. The first-order valence-electron chi connectivity index (χ1n) is 11.8. The highest BCUT2D eigenvalue weighted by molar-refractivity contribution is 6.30. The van der Waals surface area contributed by atoms with Gasteiger partial charge in [-0.3, -0.25) is 14.6 Å². The molecule has 2 aromatic rings. The molecule has 0 unspecified atom stereocenters. The van der Waals surface area contributed by atoms with E-state index >= 15 is 4.39 Å². The average molecular weight is 499 g/mol. The third-order valence-corrected chi connectivity index (χ3v) is 7.41. The SMILES string of the molecule is CN=Cc1ccc(N2CC(=O)N(Cc3ccc(Cl)cc3)[C@@]3(CCN(C(=O)C4COC4)C3)C2)c(F)c1. The zero-order valence-electron chi connectivity index (χ0n) is 19.6. The van der Waals surface area contributed by atoms with Crippen molar-refractivity contribution >= 4 is 35.3 Å². The van der Waals surface area contributed by atoms with Crippen LogP contribution in [0.25, 0.3) is 0 Å². The molecule has 0 radical (unpaired) electrons. The van der Waals surface area contributed by atoms with Crippen LogP contribution in [0.5, 0.6) is 0 Å². The molecule has 35 heavy (non-hydrogen) atoms. The number of carbonyl (C=O) groups excluding carboxylic acids is 2. The van der Waals surface area contributed by atoms with E-state index in [4.69, 9.17) is 16.3 Å². The molecular weight excluding hydrogens is 471 g/mol. The summed E-state index contributed by atoms with van der Waals surface area (Å²) in [4.78, 5) is 36.0. The summed E-state index contributed by atoms with van der Waals surface area (Å²) in [5.74, 6) is -0.533. The molecule has 3 fully saturated rings. The monoisotopic (exact) mass is 498 g/mol. The highest BCUT2D eigenvalue weighted by Gasteiger charge is 2.51. The van der Waals surface area contributed by atoms with Crippen LogP contribution >= 0.6 is 11.6 Å². The normalized spacial score (nSPS) is 22.9. The third-order valence-electron chi connectivity index (χ3n) is 7.16. The Hall–Kier alpha value is -2.97. The number of benzene rings is 2. The Kier molecular flexibility index (Phi) is 6.51. The fourth-order valence-corrected chi connectivity index (χ4v) is 5.37.